The van der Waals surface area contributed by atoms with Crippen LogP contribution in [0.25, 0.3) is 0 Å². The standard InChI is InChI=1S/C12H18ClN3OS/c1-3-10(12-14-9(6-13)8-18-12)16-5-4-15(2)11(17)7-16/h8,10H,3-7H2,1-2H3. The van der Waals surface area contributed by atoms with Crippen LogP contribution in [0.15, 0.2) is 5.38 Å². The minimum Gasteiger partial charge on any atom is -0.343 e. The molecule has 0 saturated carbocycles. The van der Waals surface area contributed by atoms with E-state index in [-0.39, 0.29) is 11.9 Å². The fourth-order valence-electron chi connectivity index (χ4n) is 2.17. The van der Waals surface area contributed by atoms with Crippen LogP contribution in [0.5, 0.6) is 0 Å². The lowest BCUT2D eigenvalue weighted by Crippen LogP contribution is -2.49. The number of hydrogen-bond donors (Lipinski definition) is 0. The lowest BCUT2D eigenvalue weighted by atomic mass is 10.1. The van der Waals surface area contributed by atoms with E-state index in [1.807, 2.05) is 12.4 Å². The van der Waals surface area contributed by atoms with Gasteiger partial charge in [-0.3, -0.25) is 9.69 Å². The van der Waals surface area contributed by atoms with Crippen molar-refractivity contribution in [1.82, 2.24) is 14.8 Å². The van der Waals surface area contributed by atoms with Gasteiger partial charge in [0.25, 0.3) is 0 Å². The number of aromatic nitrogens is 1. The zero-order valence-corrected chi connectivity index (χ0v) is 12.3. The molecule has 1 aliphatic heterocycles. The molecule has 18 heavy (non-hydrogen) atoms. The van der Waals surface area contributed by atoms with E-state index in [1.54, 1.807) is 16.2 Å². The summed E-state index contributed by atoms with van der Waals surface area (Å²) in [5.74, 6) is 0.642. The summed E-state index contributed by atoms with van der Waals surface area (Å²) >= 11 is 7.43. The van der Waals surface area contributed by atoms with Gasteiger partial charge in [0.1, 0.15) is 5.01 Å². The van der Waals surface area contributed by atoms with Gasteiger partial charge in [-0.1, -0.05) is 6.92 Å². The van der Waals surface area contributed by atoms with Gasteiger partial charge < -0.3 is 4.90 Å². The molecule has 2 heterocycles. The summed E-state index contributed by atoms with van der Waals surface area (Å²) in [5, 5.41) is 3.08. The first-order valence-electron chi connectivity index (χ1n) is 6.14. The first-order valence-corrected chi connectivity index (χ1v) is 7.55. The Bertz CT molecular complexity index is 423. The zero-order chi connectivity index (χ0) is 13.1. The van der Waals surface area contributed by atoms with Gasteiger partial charge in [0.05, 0.1) is 24.2 Å². The molecule has 1 saturated heterocycles. The van der Waals surface area contributed by atoms with Crippen LogP contribution in [0.4, 0.5) is 0 Å². The Morgan fingerprint density at radius 2 is 2.33 bits per heavy atom. The van der Waals surface area contributed by atoms with Crippen LogP contribution in [0.3, 0.4) is 0 Å². The van der Waals surface area contributed by atoms with Gasteiger partial charge >= 0.3 is 0 Å². The van der Waals surface area contributed by atoms with E-state index in [9.17, 15) is 4.79 Å². The van der Waals surface area contributed by atoms with Gasteiger partial charge in [-0.25, -0.2) is 4.98 Å². The topological polar surface area (TPSA) is 36.4 Å². The quantitative estimate of drug-likeness (QED) is 0.796. The smallest absolute Gasteiger partial charge is 0.236 e. The normalized spacial score (nSPS) is 19.3. The summed E-state index contributed by atoms with van der Waals surface area (Å²) < 4.78 is 0. The van der Waals surface area contributed by atoms with Crippen molar-refractivity contribution in [1.29, 1.82) is 0 Å². The Labute approximate surface area is 117 Å². The number of alkyl halides is 1. The number of piperazine rings is 1. The predicted octanol–water partition coefficient (Wildman–Crippen LogP) is 2.11. The van der Waals surface area contributed by atoms with E-state index in [1.165, 1.54) is 0 Å². The van der Waals surface area contributed by atoms with Gasteiger partial charge in [-0.05, 0) is 6.42 Å². The summed E-state index contributed by atoms with van der Waals surface area (Å²) in [7, 11) is 1.86. The Kier molecular flexibility index (Phi) is 4.59. The maximum atomic E-state index is 11.8. The van der Waals surface area contributed by atoms with E-state index >= 15 is 0 Å². The number of amides is 1. The van der Waals surface area contributed by atoms with Gasteiger partial charge in [0.15, 0.2) is 0 Å². The fourth-order valence-corrected chi connectivity index (χ4v) is 3.43. The SMILES string of the molecule is CCC(c1nc(CCl)cs1)N1CCN(C)C(=O)C1. The third kappa shape index (κ3) is 2.84. The highest BCUT2D eigenvalue weighted by Gasteiger charge is 2.28. The van der Waals surface area contributed by atoms with Crippen molar-refractivity contribution in [2.45, 2.75) is 25.3 Å². The maximum absolute atomic E-state index is 11.8. The number of carbonyl (C=O) groups excluding carboxylic acids is 1. The summed E-state index contributed by atoms with van der Waals surface area (Å²) in [6.07, 6.45) is 0.965. The molecule has 0 bridgehead atoms. The van der Waals surface area contributed by atoms with Crippen LogP contribution >= 0.6 is 22.9 Å². The Morgan fingerprint density at radius 1 is 1.56 bits per heavy atom. The van der Waals surface area contributed by atoms with Gasteiger partial charge in [-0.2, -0.15) is 0 Å². The van der Waals surface area contributed by atoms with Crippen molar-refractivity contribution < 1.29 is 4.79 Å². The second-order valence-electron chi connectivity index (χ2n) is 4.52. The zero-order valence-electron chi connectivity index (χ0n) is 10.7. The molecule has 1 aliphatic rings. The summed E-state index contributed by atoms with van der Waals surface area (Å²) in [5.41, 5.74) is 0.926. The van der Waals surface area contributed by atoms with Crippen molar-refractivity contribution in [3.8, 4) is 0 Å². The number of halogens is 1. The number of carbonyl (C=O) groups is 1. The minimum absolute atomic E-state index is 0.189. The number of rotatable bonds is 4. The van der Waals surface area contributed by atoms with E-state index in [0.717, 1.165) is 30.2 Å². The lowest BCUT2D eigenvalue weighted by Gasteiger charge is -2.36. The molecule has 1 atom stereocenters. The van der Waals surface area contributed by atoms with Crippen molar-refractivity contribution >= 4 is 28.8 Å². The van der Waals surface area contributed by atoms with Crippen LogP contribution in [0.1, 0.15) is 30.1 Å². The first-order chi connectivity index (χ1) is 8.65. The average Bonchev–Trinajstić information content (AvgIpc) is 2.83. The summed E-state index contributed by atoms with van der Waals surface area (Å²) in [6, 6.07) is 0.240. The van der Waals surface area contributed by atoms with Gasteiger partial charge in [0.2, 0.25) is 5.91 Å². The van der Waals surface area contributed by atoms with Gasteiger partial charge in [0, 0.05) is 25.5 Å². The van der Waals surface area contributed by atoms with Crippen LogP contribution in [0, 0.1) is 0 Å². The molecule has 0 spiro atoms. The molecule has 0 radical (unpaired) electrons. The molecule has 1 amide bonds. The average molecular weight is 288 g/mol. The van der Waals surface area contributed by atoms with Crippen molar-refractivity contribution in [2.75, 3.05) is 26.7 Å². The predicted molar refractivity (Wildman–Crippen MR) is 73.9 cm³/mol. The molecular weight excluding hydrogens is 270 g/mol. The Balaban J connectivity index is 2.11. The molecule has 2 rings (SSSR count). The molecule has 100 valence electrons. The van der Waals surface area contributed by atoms with Crippen LogP contribution in [-0.4, -0.2) is 47.4 Å². The molecule has 4 nitrogen and oxygen atoms in total. The molecule has 1 aromatic rings. The molecular formula is C12H18ClN3OS. The monoisotopic (exact) mass is 287 g/mol. The fraction of sp³-hybridized carbons (Fsp3) is 0.667. The van der Waals surface area contributed by atoms with E-state index in [4.69, 9.17) is 11.6 Å². The maximum Gasteiger partial charge on any atom is 0.236 e. The second-order valence-corrected chi connectivity index (χ2v) is 5.68. The molecule has 1 aromatic heterocycles. The molecule has 0 N–H and O–H groups in total. The largest absolute Gasteiger partial charge is 0.343 e. The highest BCUT2D eigenvalue weighted by atomic mass is 35.5. The van der Waals surface area contributed by atoms with Gasteiger partial charge in [-0.15, -0.1) is 22.9 Å². The molecule has 0 aromatic carbocycles. The highest BCUT2D eigenvalue weighted by molar-refractivity contribution is 7.09. The first kappa shape index (κ1) is 13.8. The van der Waals surface area contributed by atoms with Crippen molar-refractivity contribution in [2.24, 2.45) is 0 Å². The Morgan fingerprint density at radius 3 is 2.89 bits per heavy atom. The summed E-state index contributed by atoms with van der Waals surface area (Å²) in [6.45, 7) is 4.33. The van der Waals surface area contributed by atoms with Crippen LogP contribution in [0.2, 0.25) is 0 Å². The van der Waals surface area contributed by atoms with Crippen LogP contribution < -0.4 is 0 Å². The molecule has 0 aliphatic carbocycles. The van der Waals surface area contributed by atoms with Crippen molar-refractivity contribution in [3.63, 3.8) is 0 Å². The highest BCUT2D eigenvalue weighted by Crippen LogP contribution is 2.28. The third-order valence-electron chi connectivity index (χ3n) is 3.31. The Hall–Kier alpha value is -0.650. The lowest BCUT2D eigenvalue weighted by molar-refractivity contribution is -0.135. The minimum atomic E-state index is 0.189. The summed E-state index contributed by atoms with van der Waals surface area (Å²) in [4.78, 5) is 20.3. The third-order valence-corrected chi connectivity index (χ3v) is 4.57. The number of nitrogens with zero attached hydrogens (tertiary/aromatic N) is 3. The molecule has 1 fully saturated rings. The molecule has 6 heteroatoms. The second kappa shape index (κ2) is 5.99. The number of likely N-dealkylation sites (N-methyl/N-ethyl adjacent to an activating group) is 1. The number of hydrogen-bond acceptors (Lipinski definition) is 4. The molecule has 1 unspecified atom stereocenters. The number of thiazole rings is 1. The van der Waals surface area contributed by atoms with E-state index in [2.05, 4.69) is 16.8 Å². The van der Waals surface area contributed by atoms with E-state index < -0.39 is 0 Å². The van der Waals surface area contributed by atoms with Crippen molar-refractivity contribution in [3.05, 3.63) is 16.1 Å². The van der Waals surface area contributed by atoms with E-state index in [0.29, 0.717) is 12.4 Å². The van der Waals surface area contributed by atoms with Crippen LogP contribution in [-0.2, 0) is 10.7 Å².